The van der Waals surface area contributed by atoms with Gasteiger partial charge in [0.05, 0.1) is 31.0 Å². The van der Waals surface area contributed by atoms with E-state index in [1.54, 1.807) is 18.5 Å². The van der Waals surface area contributed by atoms with E-state index in [1.165, 1.54) is 13.3 Å². The van der Waals surface area contributed by atoms with Crippen LogP contribution >= 0.6 is 11.6 Å². The number of pyridine rings is 1. The zero-order valence-electron chi connectivity index (χ0n) is 18.8. The van der Waals surface area contributed by atoms with E-state index in [9.17, 15) is 9.18 Å². The monoisotopic (exact) mass is 488 g/mol. The summed E-state index contributed by atoms with van der Waals surface area (Å²) < 4.78 is 25.3. The summed E-state index contributed by atoms with van der Waals surface area (Å²) in [5.74, 6) is -0.0319. The fourth-order valence-corrected chi connectivity index (χ4v) is 5.10. The maximum absolute atomic E-state index is 14.7. The van der Waals surface area contributed by atoms with Gasteiger partial charge in [-0.05, 0) is 38.2 Å². The number of nitrogens with one attached hydrogen (secondary N) is 2. The van der Waals surface area contributed by atoms with Crippen LogP contribution in [-0.2, 0) is 9.47 Å². The minimum absolute atomic E-state index is 0.000828. The van der Waals surface area contributed by atoms with Crippen LogP contribution in [0.25, 0.3) is 22.4 Å². The third-order valence-corrected chi connectivity index (χ3v) is 6.75. The van der Waals surface area contributed by atoms with Gasteiger partial charge in [0.15, 0.2) is 17.5 Å². The van der Waals surface area contributed by atoms with Gasteiger partial charge in [-0.1, -0.05) is 11.6 Å². The Labute approximate surface area is 201 Å². The van der Waals surface area contributed by atoms with Gasteiger partial charge in [-0.15, -0.1) is 0 Å². The molecular formula is C23H26ClFN6O3. The molecule has 1 saturated carbocycles. The molecule has 1 unspecified atom stereocenters. The van der Waals surface area contributed by atoms with Crippen molar-refractivity contribution in [2.24, 2.45) is 0 Å². The standard InChI is InChI=1S/C23H26ClFN6O3/c1-33-23(32)31(16-5-6-34-12-16)15-4-2-3-14(8-15)29-22-19(25)11-28-21(30-22)18-10-27-20-17(18)7-13(24)9-26-20/h7,9-11,14-16H,2-6,8,12H2,1H3,(H,26,27)(H,28,29,30)/t14-,15+,16?/m0/s1. The Balaban J connectivity index is 1.36. The second kappa shape index (κ2) is 9.71. The second-order valence-electron chi connectivity index (χ2n) is 8.70. The van der Waals surface area contributed by atoms with E-state index in [0.29, 0.717) is 41.7 Å². The highest BCUT2D eigenvalue weighted by molar-refractivity contribution is 6.31. The largest absolute Gasteiger partial charge is 0.453 e. The summed E-state index contributed by atoms with van der Waals surface area (Å²) >= 11 is 6.11. The molecule has 0 spiro atoms. The molecule has 1 aliphatic heterocycles. The van der Waals surface area contributed by atoms with Gasteiger partial charge in [0.1, 0.15) is 5.65 Å². The number of carbonyl (C=O) groups excluding carboxylic acids is 1. The fourth-order valence-electron chi connectivity index (χ4n) is 4.95. The number of methoxy groups -OCH3 is 1. The number of hydrogen-bond donors (Lipinski definition) is 2. The van der Waals surface area contributed by atoms with Crippen molar-refractivity contribution in [3.05, 3.63) is 35.5 Å². The van der Waals surface area contributed by atoms with Gasteiger partial charge in [0.2, 0.25) is 0 Å². The van der Waals surface area contributed by atoms with Crippen LogP contribution in [0, 0.1) is 5.82 Å². The van der Waals surface area contributed by atoms with Crippen molar-refractivity contribution in [3.63, 3.8) is 0 Å². The molecule has 0 radical (unpaired) electrons. The van der Waals surface area contributed by atoms with Gasteiger partial charge in [-0.25, -0.2) is 24.1 Å². The SMILES string of the molecule is COC(=O)N(C1CCOC1)[C@@H]1CCC[C@H](Nc2nc(-c3c[nH]c4ncc(Cl)cc34)ncc2F)C1. The Bertz CT molecular complexity index is 1180. The molecule has 1 aliphatic carbocycles. The zero-order valence-corrected chi connectivity index (χ0v) is 19.5. The molecule has 2 fully saturated rings. The van der Waals surface area contributed by atoms with E-state index in [-0.39, 0.29) is 30.0 Å². The molecule has 4 heterocycles. The van der Waals surface area contributed by atoms with E-state index in [4.69, 9.17) is 21.1 Å². The minimum atomic E-state index is -0.532. The minimum Gasteiger partial charge on any atom is -0.453 e. The molecule has 11 heteroatoms. The Hall–Kier alpha value is -2.98. The number of H-pyrrole nitrogens is 1. The number of hydrogen-bond acceptors (Lipinski definition) is 7. The number of halogens is 2. The number of aromatic amines is 1. The molecular weight excluding hydrogens is 463 g/mol. The average Bonchev–Trinajstić information content (AvgIpc) is 3.51. The lowest BCUT2D eigenvalue weighted by Gasteiger charge is -2.39. The number of anilines is 1. The molecule has 3 atom stereocenters. The first-order valence-corrected chi connectivity index (χ1v) is 11.8. The van der Waals surface area contributed by atoms with Crippen molar-refractivity contribution in [1.82, 2.24) is 24.8 Å². The molecule has 9 nitrogen and oxygen atoms in total. The lowest BCUT2D eigenvalue weighted by molar-refractivity contribution is 0.0617. The summed E-state index contributed by atoms with van der Waals surface area (Å²) in [6.07, 6.45) is 8.17. The van der Waals surface area contributed by atoms with Gasteiger partial charge in [-0.3, -0.25) is 4.90 Å². The third-order valence-electron chi connectivity index (χ3n) is 6.55. The van der Waals surface area contributed by atoms with Gasteiger partial charge < -0.3 is 19.8 Å². The fraction of sp³-hybridized carbons (Fsp3) is 0.478. The highest BCUT2D eigenvalue weighted by atomic mass is 35.5. The highest BCUT2D eigenvalue weighted by Gasteiger charge is 2.37. The van der Waals surface area contributed by atoms with Crippen molar-refractivity contribution in [1.29, 1.82) is 0 Å². The summed E-state index contributed by atoms with van der Waals surface area (Å²) in [5.41, 5.74) is 1.34. The Morgan fingerprint density at radius 1 is 1.29 bits per heavy atom. The second-order valence-corrected chi connectivity index (χ2v) is 9.14. The number of carbonyl (C=O) groups is 1. The zero-order chi connectivity index (χ0) is 23.7. The molecule has 1 saturated heterocycles. The topological polar surface area (TPSA) is 105 Å². The lowest BCUT2D eigenvalue weighted by atomic mass is 9.89. The van der Waals surface area contributed by atoms with Crippen molar-refractivity contribution in [2.75, 3.05) is 25.6 Å². The number of amides is 1. The van der Waals surface area contributed by atoms with Crippen LogP contribution in [0.4, 0.5) is 15.0 Å². The van der Waals surface area contributed by atoms with Crippen LogP contribution < -0.4 is 5.32 Å². The molecule has 3 aromatic heterocycles. The molecule has 180 valence electrons. The van der Waals surface area contributed by atoms with Crippen LogP contribution in [0.3, 0.4) is 0 Å². The van der Waals surface area contributed by atoms with Gasteiger partial charge >= 0.3 is 6.09 Å². The molecule has 2 aliphatic rings. The van der Waals surface area contributed by atoms with E-state index >= 15 is 0 Å². The normalized spacial score (nSPS) is 22.6. The molecule has 1 amide bonds. The smallest absolute Gasteiger partial charge is 0.410 e. The Kier molecular flexibility index (Phi) is 6.51. The number of fused-ring (bicyclic) bond motifs is 1. The van der Waals surface area contributed by atoms with Gasteiger partial charge in [0, 0.05) is 42.0 Å². The van der Waals surface area contributed by atoms with Crippen LogP contribution in [0.1, 0.15) is 32.1 Å². The first kappa shape index (κ1) is 22.8. The highest BCUT2D eigenvalue weighted by Crippen LogP contribution is 2.31. The van der Waals surface area contributed by atoms with E-state index in [2.05, 4.69) is 25.3 Å². The van der Waals surface area contributed by atoms with Gasteiger partial charge in [0.25, 0.3) is 0 Å². The lowest BCUT2D eigenvalue weighted by Crippen LogP contribution is -2.50. The number of rotatable bonds is 5. The summed E-state index contributed by atoms with van der Waals surface area (Å²) in [7, 11) is 1.40. The van der Waals surface area contributed by atoms with Crippen molar-refractivity contribution in [2.45, 2.75) is 50.2 Å². The Morgan fingerprint density at radius 3 is 2.97 bits per heavy atom. The summed E-state index contributed by atoms with van der Waals surface area (Å²) in [6, 6.07) is 1.71. The van der Waals surface area contributed by atoms with E-state index < -0.39 is 5.82 Å². The van der Waals surface area contributed by atoms with E-state index in [1.807, 2.05) is 4.90 Å². The van der Waals surface area contributed by atoms with Crippen LogP contribution in [0.2, 0.25) is 5.02 Å². The quantitative estimate of drug-likeness (QED) is 0.548. The molecule has 2 N–H and O–H groups in total. The predicted molar refractivity (Wildman–Crippen MR) is 125 cm³/mol. The summed E-state index contributed by atoms with van der Waals surface area (Å²) in [4.78, 5) is 30.3. The average molecular weight is 489 g/mol. The first-order chi connectivity index (χ1) is 16.5. The number of ether oxygens (including phenoxy) is 2. The molecule has 34 heavy (non-hydrogen) atoms. The van der Waals surface area contributed by atoms with Crippen molar-refractivity contribution >= 4 is 34.5 Å². The first-order valence-electron chi connectivity index (χ1n) is 11.4. The van der Waals surface area contributed by atoms with Crippen molar-refractivity contribution in [3.8, 4) is 11.4 Å². The third kappa shape index (κ3) is 4.52. The predicted octanol–water partition coefficient (Wildman–Crippen LogP) is 4.39. The maximum atomic E-state index is 14.7. The summed E-state index contributed by atoms with van der Waals surface area (Å²) in [6.45, 7) is 1.15. The summed E-state index contributed by atoms with van der Waals surface area (Å²) in [5, 5.41) is 4.51. The molecule has 3 aromatic rings. The Morgan fingerprint density at radius 2 is 2.18 bits per heavy atom. The molecule has 0 bridgehead atoms. The molecule has 5 rings (SSSR count). The van der Waals surface area contributed by atoms with Gasteiger partial charge in [-0.2, -0.15) is 0 Å². The molecule has 0 aromatic carbocycles. The van der Waals surface area contributed by atoms with Crippen LogP contribution in [0.15, 0.2) is 24.7 Å². The number of aromatic nitrogens is 4. The van der Waals surface area contributed by atoms with Crippen LogP contribution in [-0.4, -0.2) is 69.4 Å². The maximum Gasteiger partial charge on any atom is 0.410 e. The van der Waals surface area contributed by atoms with Crippen LogP contribution in [0.5, 0.6) is 0 Å². The number of nitrogens with zero attached hydrogens (tertiary/aromatic N) is 4. The van der Waals surface area contributed by atoms with Crippen molar-refractivity contribution < 1.29 is 18.7 Å². The van der Waals surface area contributed by atoms with E-state index in [0.717, 1.165) is 31.1 Å².